The van der Waals surface area contributed by atoms with E-state index in [2.05, 4.69) is 15.0 Å². The molecule has 0 amide bonds. The van der Waals surface area contributed by atoms with E-state index < -0.39 is 49.1 Å². The molecule has 3 heterocycles. The average molecular weight is 425 g/mol. The summed E-state index contributed by atoms with van der Waals surface area (Å²) >= 11 is 0. The molecule has 0 saturated carbocycles. The lowest BCUT2D eigenvalue weighted by atomic mass is 10.1. The van der Waals surface area contributed by atoms with Gasteiger partial charge in [-0.25, -0.2) is 15.0 Å². The third kappa shape index (κ3) is 4.47. The van der Waals surface area contributed by atoms with Crippen molar-refractivity contribution < 1.29 is 34.8 Å². The molecule has 1 aliphatic heterocycles. The molecule has 0 aliphatic carbocycles. The molecule has 0 aromatic carbocycles. The van der Waals surface area contributed by atoms with Gasteiger partial charge in [-0.1, -0.05) is 0 Å². The first kappa shape index (κ1) is 21.8. The van der Waals surface area contributed by atoms with Gasteiger partial charge in [-0.05, 0) is 6.42 Å². The number of nitrogens with zero attached hydrogens (tertiary/aromatic N) is 5. The number of carboxylic acid groups (broad SMARTS) is 2. The van der Waals surface area contributed by atoms with Crippen LogP contribution in [-0.2, 0) is 14.3 Å². The number of ether oxygens (including phenoxy) is 1. The van der Waals surface area contributed by atoms with Crippen LogP contribution in [0.25, 0.3) is 11.2 Å². The number of aliphatic hydroxyl groups excluding tert-OH is 2. The largest absolute Gasteiger partial charge is 0.480 e. The molecule has 0 bridgehead atoms. The van der Waals surface area contributed by atoms with E-state index in [0.29, 0.717) is 11.2 Å². The van der Waals surface area contributed by atoms with Crippen LogP contribution in [0.4, 0.5) is 5.82 Å². The van der Waals surface area contributed by atoms with Gasteiger partial charge in [-0.2, -0.15) is 0 Å². The zero-order chi connectivity index (χ0) is 22.0. The molecule has 14 nitrogen and oxygen atoms in total. The van der Waals surface area contributed by atoms with Gasteiger partial charge in [0, 0.05) is 13.1 Å². The maximum absolute atomic E-state index is 11.2. The van der Waals surface area contributed by atoms with Crippen molar-refractivity contribution in [2.45, 2.75) is 37.0 Å². The SMILES string of the molecule is Nc1ncnc2c1ncn2[C@@H]1O[C@H](CN(CC[C@H](N)C(=O)O)CC(=O)O)[C@@H](O)[C@H]1O. The fraction of sp³-hybridized carbons (Fsp3) is 0.562. The Morgan fingerprint density at radius 3 is 2.63 bits per heavy atom. The van der Waals surface area contributed by atoms with Crippen LogP contribution < -0.4 is 11.5 Å². The number of imidazole rings is 1. The first-order valence-electron chi connectivity index (χ1n) is 9.06. The van der Waals surface area contributed by atoms with E-state index in [1.807, 2.05) is 0 Å². The summed E-state index contributed by atoms with van der Waals surface area (Å²) in [6.07, 6.45) is -2.11. The second kappa shape index (κ2) is 8.85. The van der Waals surface area contributed by atoms with Gasteiger partial charge in [0.25, 0.3) is 0 Å². The third-order valence-electron chi connectivity index (χ3n) is 4.87. The number of aliphatic hydroxyl groups is 2. The van der Waals surface area contributed by atoms with Crippen LogP contribution in [0, 0.1) is 0 Å². The Morgan fingerprint density at radius 2 is 1.97 bits per heavy atom. The number of hydrogen-bond donors (Lipinski definition) is 6. The number of fused-ring (bicyclic) bond motifs is 1. The summed E-state index contributed by atoms with van der Waals surface area (Å²) in [7, 11) is 0. The Labute approximate surface area is 169 Å². The van der Waals surface area contributed by atoms with Crippen molar-refractivity contribution in [3.63, 3.8) is 0 Å². The van der Waals surface area contributed by atoms with Gasteiger partial charge in [-0.15, -0.1) is 0 Å². The summed E-state index contributed by atoms with van der Waals surface area (Å²) in [6.45, 7) is -0.445. The molecule has 30 heavy (non-hydrogen) atoms. The highest BCUT2D eigenvalue weighted by molar-refractivity contribution is 5.81. The highest BCUT2D eigenvalue weighted by Crippen LogP contribution is 2.32. The van der Waals surface area contributed by atoms with Crippen molar-refractivity contribution in [3.05, 3.63) is 12.7 Å². The minimum Gasteiger partial charge on any atom is -0.480 e. The van der Waals surface area contributed by atoms with Crippen LogP contribution in [0.3, 0.4) is 0 Å². The molecular weight excluding hydrogens is 402 g/mol. The molecule has 0 radical (unpaired) electrons. The first-order valence-corrected chi connectivity index (χ1v) is 9.06. The molecule has 5 atom stereocenters. The van der Waals surface area contributed by atoms with Crippen LogP contribution in [-0.4, -0.2) is 101 Å². The third-order valence-corrected chi connectivity index (χ3v) is 4.87. The van der Waals surface area contributed by atoms with Crippen molar-refractivity contribution in [1.82, 2.24) is 24.4 Å². The normalized spacial score (nSPS) is 25.1. The number of nitrogen functional groups attached to an aromatic ring is 1. The molecular formula is C16H23N7O7. The number of anilines is 1. The monoisotopic (exact) mass is 425 g/mol. The smallest absolute Gasteiger partial charge is 0.320 e. The van der Waals surface area contributed by atoms with E-state index in [0.717, 1.165) is 0 Å². The highest BCUT2D eigenvalue weighted by Gasteiger charge is 2.45. The van der Waals surface area contributed by atoms with E-state index >= 15 is 0 Å². The lowest BCUT2D eigenvalue weighted by Gasteiger charge is -2.25. The molecule has 1 saturated heterocycles. The van der Waals surface area contributed by atoms with Gasteiger partial charge in [0.1, 0.15) is 36.2 Å². The minimum absolute atomic E-state index is 0.000232. The van der Waals surface area contributed by atoms with Gasteiger partial charge in [0.2, 0.25) is 0 Å². The summed E-state index contributed by atoms with van der Waals surface area (Å²) in [5.74, 6) is -2.20. The Balaban J connectivity index is 1.74. The molecule has 0 unspecified atom stereocenters. The van der Waals surface area contributed by atoms with Gasteiger partial charge < -0.3 is 36.6 Å². The second-order valence-electron chi connectivity index (χ2n) is 6.99. The molecule has 1 fully saturated rings. The highest BCUT2D eigenvalue weighted by atomic mass is 16.6. The zero-order valence-corrected chi connectivity index (χ0v) is 15.8. The standard InChI is InChI=1S/C16H23N7O7/c17-7(16(28)29)1-2-22(4-9(24)25)3-8-11(26)12(27)15(30-8)23-6-21-10-13(18)19-5-20-14(10)23/h5-8,11-12,15,26-27H,1-4,17H2,(H,24,25)(H,28,29)(H2,18,19,20)/t7-,8+,11+,12+,15+/m0/s1. The van der Waals surface area contributed by atoms with Crippen molar-refractivity contribution in [2.24, 2.45) is 5.73 Å². The Morgan fingerprint density at radius 1 is 1.23 bits per heavy atom. The molecule has 14 heteroatoms. The van der Waals surface area contributed by atoms with E-state index in [4.69, 9.17) is 26.4 Å². The minimum atomic E-state index is -1.35. The van der Waals surface area contributed by atoms with Crippen molar-refractivity contribution in [1.29, 1.82) is 0 Å². The Bertz CT molecular complexity index is 922. The van der Waals surface area contributed by atoms with Crippen LogP contribution in [0.1, 0.15) is 12.6 Å². The Hall–Kier alpha value is -2.91. The van der Waals surface area contributed by atoms with E-state index in [1.165, 1.54) is 22.1 Å². The van der Waals surface area contributed by atoms with E-state index in [1.54, 1.807) is 0 Å². The summed E-state index contributed by atoms with van der Waals surface area (Å²) in [6, 6.07) is -1.16. The lowest BCUT2D eigenvalue weighted by molar-refractivity contribution is -0.139. The molecule has 2 aromatic heterocycles. The van der Waals surface area contributed by atoms with Crippen molar-refractivity contribution >= 4 is 28.9 Å². The number of nitrogens with two attached hydrogens (primary N) is 2. The van der Waals surface area contributed by atoms with Crippen LogP contribution in [0.5, 0.6) is 0 Å². The topological polar surface area (TPSA) is 223 Å². The zero-order valence-electron chi connectivity index (χ0n) is 15.8. The van der Waals surface area contributed by atoms with Crippen molar-refractivity contribution in [3.8, 4) is 0 Å². The summed E-state index contributed by atoms with van der Waals surface area (Å²) in [5.41, 5.74) is 11.8. The van der Waals surface area contributed by atoms with Gasteiger partial charge in [-0.3, -0.25) is 19.1 Å². The van der Waals surface area contributed by atoms with E-state index in [9.17, 15) is 19.8 Å². The number of rotatable bonds is 9. The predicted molar refractivity (Wildman–Crippen MR) is 100.0 cm³/mol. The molecule has 164 valence electrons. The van der Waals surface area contributed by atoms with Gasteiger partial charge in [0.05, 0.1) is 12.9 Å². The van der Waals surface area contributed by atoms with Crippen molar-refractivity contribution in [2.75, 3.05) is 25.4 Å². The lowest BCUT2D eigenvalue weighted by Crippen LogP contribution is -2.44. The quantitative estimate of drug-likeness (QED) is 0.239. The van der Waals surface area contributed by atoms with E-state index in [-0.39, 0.29) is 25.3 Å². The Kier molecular flexibility index (Phi) is 6.42. The average Bonchev–Trinajstić information content (AvgIpc) is 3.22. The maximum Gasteiger partial charge on any atom is 0.320 e. The summed E-state index contributed by atoms with van der Waals surface area (Å²) < 4.78 is 7.19. The predicted octanol–water partition coefficient (Wildman–Crippen LogP) is -2.78. The number of aromatic nitrogens is 4. The summed E-state index contributed by atoms with van der Waals surface area (Å²) in [5, 5.41) is 38.9. The number of carboxylic acids is 2. The van der Waals surface area contributed by atoms with Gasteiger partial charge in [0.15, 0.2) is 17.7 Å². The number of aliphatic carboxylic acids is 2. The first-order chi connectivity index (χ1) is 14.2. The summed E-state index contributed by atoms with van der Waals surface area (Å²) in [4.78, 5) is 35.4. The number of hydrogen-bond acceptors (Lipinski definition) is 11. The fourth-order valence-electron chi connectivity index (χ4n) is 3.29. The van der Waals surface area contributed by atoms with Crippen LogP contribution in [0.15, 0.2) is 12.7 Å². The number of carbonyl (C=O) groups is 2. The molecule has 2 aromatic rings. The molecule has 3 rings (SSSR count). The molecule has 8 N–H and O–H groups in total. The molecule has 0 spiro atoms. The van der Waals surface area contributed by atoms with Gasteiger partial charge >= 0.3 is 11.9 Å². The van der Waals surface area contributed by atoms with Crippen LogP contribution in [0.2, 0.25) is 0 Å². The second-order valence-corrected chi connectivity index (χ2v) is 6.99. The molecule has 1 aliphatic rings. The maximum atomic E-state index is 11.2. The van der Waals surface area contributed by atoms with Crippen LogP contribution >= 0.6 is 0 Å². The fourth-order valence-corrected chi connectivity index (χ4v) is 3.29.